The molecule has 10 heteroatoms. The average Bonchev–Trinajstić information content (AvgIpc) is 3.10. The van der Waals surface area contributed by atoms with E-state index in [-0.39, 0.29) is 15.9 Å². The van der Waals surface area contributed by atoms with Crippen molar-refractivity contribution >= 4 is 49.9 Å². The fraction of sp³-hybridized carbons (Fsp3) is 0.111. The minimum absolute atomic E-state index is 0.118. The van der Waals surface area contributed by atoms with E-state index in [9.17, 15) is 13.2 Å². The van der Waals surface area contributed by atoms with E-state index < -0.39 is 10.0 Å². The Kier molecular flexibility index (Phi) is 5.63. The van der Waals surface area contributed by atoms with Gasteiger partial charge in [-0.2, -0.15) is 0 Å². The molecule has 0 radical (unpaired) electrons. The lowest BCUT2D eigenvalue weighted by Gasteiger charge is -2.14. The number of hydrogen-bond donors (Lipinski definition) is 4. The summed E-state index contributed by atoms with van der Waals surface area (Å²) in [6.45, 7) is 0. The number of thiocarbonyl (C=S) groups is 1. The SMILES string of the molecule is CN(C)S(=O)(=O)c1cccc(NC(=S)NNC(=O)c2c[nH]c3ccccc23)c1. The van der Waals surface area contributed by atoms with Crippen LogP contribution in [0.4, 0.5) is 5.69 Å². The Balaban J connectivity index is 1.64. The van der Waals surface area contributed by atoms with Gasteiger partial charge in [-0.05, 0) is 36.5 Å². The van der Waals surface area contributed by atoms with Crippen molar-refractivity contribution in [2.24, 2.45) is 0 Å². The van der Waals surface area contributed by atoms with Crippen LogP contribution in [0.25, 0.3) is 10.9 Å². The Morgan fingerprint density at radius 2 is 1.82 bits per heavy atom. The number of fused-ring (bicyclic) bond motifs is 1. The summed E-state index contributed by atoms with van der Waals surface area (Å²) in [6.07, 6.45) is 1.62. The molecule has 3 aromatic rings. The van der Waals surface area contributed by atoms with E-state index in [0.717, 1.165) is 15.2 Å². The molecule has 0 saturated heterocycles. The van der Waals surface area contributed by atoms with Gasteiger partial charge < -0.3 is 10.3 Å². The second-order valence-corrected chi connectivity index (χ2v) is 8.66. The van der Waals surface area contributed by atoms with E-state index in [1.165, 1.54) is 26.2 Å². The van der Waals surface area contributed by atoms with E-state index in [1.54, 1.807) is 18.3 Å². The van der Waals surface area contributed by atoms with Gasteiger partial charge in [0.25, 0.3) is 5.91 Å². The van der Waals surface area contributed by atoms with Crippen molar-refractivity contribution < 1.29 is 13.2 Å². The summed E-state index contributed by atoms with van der Waals surface area (Å²) in [5.41, 5.74) is 6.94. The van der Waals surface area contributed by atoms with Crippen molar-refractivity contribution in [1.82, 2.24) is 20.1 Å². The Bertz CT molecular complexity index is 1140. The molecule has 0 aliphatic rings. The van der Waals surface area contributed by atoms with Crippen LogP contribution in [0.2, 0.25) is 0 Å². The molecule has 0 atom stereocenters. The van der Waals surface area contributed by atoms with Crippen LogP contribution in [-0.4, -0.2) is 42.8 Å². The molecule has 0 bridgehead atoms. The van der Waals surface area contributed by atoms with Crippen molar-refractivity contribution in [3.8, 4) is 0 Å². The first kappa shape index (κ1) is 19.8. The summed E-state index contributed by atoms with van der Waals surface area (Å²) >= 11 is 5.16. The van der Waals surface area contributed by atoms with Gasteiger partial charge in [-0.1, -0.05) is 24.3 Å². The zero-order valence-corrected chi connectivity index (χ0v) is 16.8. The number of aromatic amines is 1. The van der Waals surface area contributed by atoms with Gasteiger partial charge in [-0.3, -0.25) is 15.6 Å². The fourth-order valence-corrected chi connectivity index (χ4v) is 3.66. The molecule has 3 rings (SSSR count). The summed E-state index contributed by atoms with van der Waals surface area (Å²) in [4.78, 5) is 15.5. The van der Waals surface area contributed by atoms with Crippen molar-refractivity contribution in [3.05, 3.63) is 60.3 Å². The first-order chi connectivity index (χ1) is 13.3. The molecule has 0 spiro atoms. The van der Waals surface area contributed by atoms with Gasteiger partial charge in [-0.25, -0.2) is 12.7 Å². The van der Waals surface area contributed by atoms with E-state index >= 15 is 0 Å². The molecule has 0 fully saturated rings. The molecule has 1 amide bonds. The molecule has 4 N–H and O–H groups in total. The molecular weight excluding hydrogens is 398 g/mol. The van der Waals surface area contributed by atoms with Gasteiger partial charge in [0.05, 0.1) is 10.5 Å². The smallest absolute Gasteiger partial charge is 0.271 e. The van der Waals surface area contributed by atoms with Crippen LogP contribution in [0.1, 0.15) is 10.4 Å². The molecule has 1 aromatic heterocycles. The largest absolute Gasteiger partial charge is 0.360 e. The maximum absolute atomic E-state index is 12.4. The first-order valence-corrected chi connectivity index (χ1v) is 10.1. The lowest BCUT2D eigenvalue weighted by Crippen LogP contribution is -2.43. The monoisotopic (exact) mass is 417 g/mol. The van der Waals surface area contributed by atoms with Crippen LogP contribution in [0, 0.1) is 0 Å². The van der Waals surface area contributed by atoms with Crippen LogP contribution >= 0.6 is 12.2 Å². The minimum Gasteiger partial charge on any atom is -0.360 e. The number of hydrogen-bond acceptors (Lipinski definition) is 4. The number of aromatic nitrogens is 1. The molecule has 0 aliphatic carbocycles. The lowest BCUT2D eigenvalue weighted by atomic mass is 10.2. The molecule has 1 heterocycles. The summed E-state index contributed by atoms with van der Waals surface area (Å²) < 4.78 is 25.6. The van der Waals surface area contributed by atoms with Crippen molar-refractivity contribution in [1.29, 1.82) is 0 Å². The zero-order chi connectivity index (χ0) is 20.3. The highest BCUT2D eigenvalue weighted by Crippen LogP contribution is 2.18. The number of carbonyl (C=O) groups is 1. The topological polar surface area (TPSA) is 106 Å². The van der Waals surface area contributed by atoms with Crippen molar-refractivity contribution in [2.75, 3.05) is 19.4 Å². The summed E-state index contributed by atoms with van der Waals surface area (Å²) in [5.74, 6) is -0.356. The summed E-state index contributed by atoms with van der Waals surface area (Å²) in [7, 11) is -0.635. The van der Waals surface area contributed by atoms with Gasteiger partial charge in [0.1, 0.15) is 0 Å². The standard InChI is InChI=1S/C18H19N5O3S2/c1-23(2)28(25,26)13-7-5-6-12(10-13)20-18(27)22-21-17(24)15-11-19-16-9-4-3-8-14(15)16/h3-11,19H,1-2H3,(H,21,24)(H2,20,22,27). The molecule has 146 valence electrons. The van der Waals surface area contributed by atoms with Gasteiger partial charge in [-0.15, -0.1) is 0 Å². The van der Waals surface area contributed by atoms with Crippen molar-refractivity contribution in [2.45, 2.75) is 4.90 Å². The number of anilines is 1. The van der Waals surface area contributed by atoms with Crippen LogP contribution in [0.15, 0.2) is 59.6 Å². The predicted octanol–water partition coefficient (Wildman–Crippen LogP) is 2.05. The molecule has 0 aliphatic heterocycles. The minimum atomic E-state index is -3.55. The number of benzene rings is 2. The molecule has 8 nitrogen and oxygen atoms in total. The van der Waals surface area contributed by atoms with E-state index in [4.69, 9.17) is 12.2 Å². The highest BCUT2D eigenvalue weighted by Gasteiger charge is 2.17. The van der Waals surface area contributed by atoms with Gasteiger partial charge >= 0.3 is 0 Å². The Hall–Kier alpha value is -2.95. The number of amides is 1. The van der Waals surface area contributed by atoms with Crippen LogP contribution in [0.5, 0.6) is 0 Å². The van der Waals surface area contributed by atoms with Gasteiger partial charge in [0, 0.05) is 36.9 Å². The maximum atomic E-state index is 12.4. The van der Waals surface area contributed by atoms with Gasteiger partial charge in [0.2, 0.25) is 10.0 Å². The second kappa shape index (κ2) is 7.97. The molecule has 0 saturated carbocycles. The van der Waals surface area contributed by atoms with E-state index in [1.807, 2.05) is 24.3 Å². The van der Waals surface area contributed by atoms with E-state index in [2.05, 4.69) is 21.2 Å². The Morgan fingerprint density at radius 3 is 2.57 bits per heavy atom. The molecule has 0 unspecified atom stereocenters. The number of rotatable bonds is 4. The summed E-state index contributed by atoms with van der Waals surface area (Å²) in [5, 5.41) is 3.76. The third kappa shape index (κ3) is 4.14. The average molecular weight is 418 g/mol. The fourth-order valence-electron chi connectivity index (χ4n) is 2.55. The normalized spacial score (nSPS) is 11.4. The highest BCUT2D eigenvalue weighted by atomic mass is 32.2. The lowest BCUT2D eigenvalue weighted by molar-refractivity contribution is 0.0946. The number of hydrazine groups is 1. The predicted molar refractivity (Wildman–Crippen MR) is 112 cm³/mol. The van der Waals surface area contributed by atoms with Gasteiger partial charge in [0.15, 0.2) is 5.11 Å². The Labute approximate surface area is 167 Å². The number of sulfonamides is 1. The van der Waals surface area contributed by atoms with E-state index in [0.29, 0.717) is 11.3 Å². The highest BCUT2D eigenvalue weighted by molar-refractivity contribution is 7.89. The molecule has 28 heavy (non-hydrogen) atoms. The second-order valence-electron chi connectivity index (χ2n) is 6.10. The maximum Gasteiger partial charge on any atom is 0.271 e. The van der Waals surface area contributed by atoms with Crippen LogP contribution in [0.3, 0.4) is 0 Å². The third-order valence-electron chi connectivity index (χ3n) is 3.99. The first-order valence-electron chi connectivity index (χ1n) is 8.25. The number of nitrogens with zero attached hydrogens (tertiary/aromatic N) is 1. The zero-order valence-electron chi connectivity index (χ0n) is 15.2. The third-order valence-corrected chi connectivity index (χ3v) is 6.01. The summed E-state index contributed by atoms with van der Waals surface area (Å²) in [6, 6.07) is 13.7. The Morgan fingerprint density at radius 1 is 1.07 bits per heavy atom. The number of para-hydroxylation sites is 1. The van der Waals surface area contributed by atoms with Crippen LogP contribution < -0.4 is 16.2 Å². The molecule has 2 aromatic carbocycles. The number of nitrogens with one attached hydrogen (secondary N) is 4. The number of carbonyl (C=O) groups excluding carboxylic acids is 1. The quantitative estimate of drug-likeness (QED) is 0.382. The van der Waals surface area contributed by atoms with Crippen LogP contribution in [-0.2, 0) is 10.0 Å². The molecular formula is C18H19N5O3S2. The number of H-pyrrole nitrogens is 1. The van der Waals surface area contributed by atoms with Crippen molar-refractivity contribution in [3.63, 3.8) is 0 Å².